The zero-order chi connectivity index (χ0) is 38.1. The van der Waals surface area contributed by atoms with Crippen molar-refractivity contribution in [2.75, 3.05) is 28.2 Å². The lowest BCUT2D eigenvalue weighted by molar-refractivity contribution is -0.130. The number of carbonyl (C=O) groups excluding carboxylic acids is 6. The highest BCUT2D eigenvalue weighted by molar-refractivity contribution is 5.90. The number of alkyl carbamates (subject to hydrolysis) is 2. The Labute approximate surface area is 291 Å². The van der Waals surface area contributed by atoms with Gasteiger partial charge in [-0.2, -0.15) is 0 Å². The molecule has 2 aromatic rings. The van der Waals surface area contributed by atoms with Gasteiger partial charge in [-0.25, -0.2) is 19.0 Å². The Bertz CT molecular complexity index is 1590. The Hall–Kier alpha value is -5.02. The van der Waals surface area contributed by atoms with Crippen molar-refractivity contribution in [2.45, 2.75) is 104 Å². The molecule has 2 N–H and O–H groups in total. The van der Waals surface area contributed by atoms with Crippen LogP contribution in [0.1, 0.15) is 67.2 Å². The molecule has 4 amide bonds. The Morgan fingerprint density at radius 2 is 0.960 bits per heavy atom. The van der Waals surface area contributed by atoms with Crippen LogP contribution in [0, 0.1) is 0 Å². The molecule has 0 aliphatic rings. The number of hydrogen-bond acceptors (Lipinski definition) is 10. The van der Waals surface area contributed by atoms with Crippen LogP contribution in [0.25, 0.3) is 10.8 Å². The number of benzene rings is 1. The molecule has 0 saturated heterocycles. The average Bonchev–Trinajstić information content (AvgIpc) is 2.99. The van der Waals surface area contributed by atoms with E-state index in [2.05, 4.69) is 10.6 Å². The lowest BCUT2D eigenvalue weighted by Crippen LogP contribution is -2.50. The highest BCUT2D eigenvalue weighted by Gasteiger charge is 2.30. The summed E-state index contributed by atoms with van der Waals surface area (Å²) in [7, 11) is 6.14. The van der Waals surface area contributed by atoms with Gasteiger partial charge in [0.05, 0.1) is 22.9 Å². The number of fused-ring (bicyclic) bond motifs is 1. The van der Waals surface area contributed by atoms with Gasteiger partial charge in [0.25, 0.3) is 11.1 Å². The van der Waals surface area contributed by atoms with Crippen molar-refractivity contribution >= 4 is 46.3 Å². The molecule has 0 radical (unpaired) electrons. The summed E-state index contributed by atoms with van der Waals surface area (Å²) < 4.78 is 12.2. The third-order valence-electron chi connectivity index (χ3n) is 7.21. The first-order valence-corrected chi connectivity index (χ1v) is 16.2. The van der Waals surface area contributed by atoms with E-state index in [4.69, 9.17) is 9.47 Å². The van der Waals surface area contributed by atoms with Crippen molar-refractivity contribution in [3.8, 4) is 0 Å². The minimum Gasteiger partial charge on any atom is -0.444 e. The first-order valence-electron chi connectivity index (χ1n) is 16.2. The Balaban J connectivity index is 2.60. The van der Waals surface area contributed by atoms with Gasteiger partial charge in [-0.15, -0.1) is 0 Å². The van der Waals surface area contributed by atoms with Crippen molar-refractivity contribution in [3.05, 3.63) is 45.0 Å². The standard InChI is InChI=1S/C34H50N6O10/c1-33(2,3)49-31(47)35-23(15-17-27(43)37(7)8)25(41)19-39-29(45)21-13-11-12-14-22(21)30(46)40(39)20-26(42)24(16-18-28(44)38(9)10)36-32(48)50-34(4,5)6/h11-14,23-24H,15-20H2,1-10H3,(H,35,47)(H,36,48)/t23-,24-/m0/s1. The average molecular weight is 703 g/mol. The molecule has 0 unspecified atom stereocenters. The van der Waals surface area contributed by atoms with Gasteiger partial charge in [0.2, 0.25) is 11.8 Å². The molecule has 0 saturated carbocycles. The van der Waals surface area contributed by atoms with E-state index in [-0.39, 0.29) is 48.3 Å². The number of nitrogens with zero attached hydrogens (tertiary/aromatic N) is 4. The number of nitrogens with one attached hydrogen (secondary N) is 2. The van der Waals surface area contributed by atoms with E-state index in [9.17, 15) is 38.4 Å². The molecule has 2 rings (SSSR count). The van der Waals surface area contributed by atoms with E-state index in [0.29, 0.717) is 0 Å². The van der Waals surface area contributed by atoms with Crippen LogP contribution in [0.2, 0.25) is 0 Å². The van der Waals surface area contributed by atoms with Crippen LogP contribution in [-0.2, 0) is 41.7 Å². The van der Waals surface area contributed by atoms with E-state index in [1.807, 2.05) is 0 Å². The maximum atomic E-state index is 13.8. The number of Topliss-reactive ketones (excluding diaryl/α,β-unsaturated/α-hetero) is 2. The lowest BCUT2D eigenvalue weighted by Gasteiger charge is -2.25. The van der Waals surface area contributed by atoms with E-state index in [1.54, 1.807) is 41.5 Å². The number of rotatable bonds is 14. The summed E-state index contributed by atoms with van der Waals surface area (Å²) in [5, 5.41) is 4.89. The number of carbonyl (C=O) groups is 6. The Morgan fingerprint density at radius 1 is 0.640 bits per heavy atom. The molecule has 0 aliphatic heterocycles. The summed E-state index contributed by atoms with van der Waals surface area (Å²) in [5.41, 5.74) is -3.37. The third kappa shape index (κ3) is 12.5. The van der Waals surface area contributed by atoms with Crippen molar-refractivity contribution in [1.29, 1.82) is 0 Å². The molecule has 1 heterocycles. The predicted molar refractivity (Wildman–Crippen MR) is 185 cm³/mol. The number of aromatic nitrogens is 2. The Morgan fingerprint density at radius 3 is 1.24 bits per heavy atom. The molecule has 276 valence electrons. The van der Waals surface area contributed by atoms with Gasteiger partial charge in [0.1, 0.15) is 24.3 Å². The van der Waals surface area contributed by atoms with Crippen LogP contribution in [-0.4, -0.2) is 106 Å². The number of ketones is 2. The molecule has 0 fully saturated rings. The number of hydrogen-bond donors (Lipinski definition) is 2. The van der Waals surface area contributed by atoms with Crippen LogP contribution in [0.4, 0.5) is 9.59 Å². The highest BCUT2D eigenvalue weighted by atomic mass is 16.6. The van der Waals surface area contributed by atoms with Crippen LogP contribution in [0.3, 0.4) is 0 Å². The van der Waals surface area contributed by atoms with Gasteiger partial charge in [-0.05, 0) is 66.5 Å². The molecule has 0 spiro atoms. The molecule has 0 bridgehead atoms. The zero-order valence-electron chi connectivity index (χ0n) is 30.6. The molecule has 1 aromatic heterocycles. The smallest absolute Gasteiger partial charge is 0.408 e. The molecular formula is C34H50N6O10. The van der Waals surface area contributed by atoms with Gasteiger partial charge in [0.15, 0.2) is 11.6 Å². The second kappa shape index (κ2) is 17.1. The van der Waals surface area contributed by atoms with Crippen LogP contribution >= 0.6 is 0 Å². The van der Waals surface area contributed by atoms with Gasteiger partial charge in [-0.1, -0.05) is 12.1 Å². The van der Waals surface area contributed by atoms with E-state index in [0.717, 1.165) is 9.36 Å². The summed E-state index contributed by atoms with van der Waals surface area (Å²) in [6, 6.07) is 3.24. The molecule has 2 atom stereocenters. The number of ether oxygens (including phenoxy) is 2. The molecule has 0 aliphatic carbocycles. The second-order valence-electron chi connectivity index (χ2n) is 14.3. The van der Waals surface area contributed by atoms with E-state index in [1.165, 1.54) is 62.3 Å². The van der Waals surface area contributed by atoms with Crippen LogP contribution in [0.5, 0.6) is 0 Å². The van der Waals surface area contributed by atoms with Crippen molar-refractivity contribution < 1.29 is 38.2 Å². The summed E-state index contributed by atoms with van der Waals surface area (Å²) in [4.78, 5) is 108. The van der Waals surface area contributed by atoms with E-state index < -0.39 is 71.2 Å². The molecule has 50 heavy (non-hydrogen) atoms. The van der Waals surface area contributed by atoms with Gasteiger partial charge in [-0.3, -0.25) is 28.8 Å². The maximum absolute atomic E-state index is 13.8. The van der Waals surface area contributed by atoms with Gasteiger partial charge < -0.3 is 29.9 Å². The monoisotopic (exact) mass is 702 g/mol. The highest BCUT2D eigenvalue weighted by Crippen LogP contribution is 2.12. The fourth-order valence-electron chi connectivity index (χ4n) is 4.69. The SMILES string of the molecule is CN(C)C(=O)CC[C@H](NC(=O)OC(C)(C)C)C(=O)Cn1c(=O)c2ccccc2c(=O)n1CC(=O)[C@H](CCC(=O)N(C)C)NC(=O)OC(C)(C)C. The predicted octanol–water partition coefficient (Wildman–Crippen LogP) is 1.82. The van der Waals surface area contributed by atoms with Crippen LogP contribution < -0.4 is 21.8 Å². The summed E-state index contributed by atoms with van der Waals surface area (Å²) in [6.45, 7) is 8.23. The minimum atomic E-state index is -1.31. The molecular weight excluding hydrogens is 652 g/mol. The fraction of sp³-hybridized carbons (Fsp3) is 0.588. The molecule has 1 aromatic carbocycles. The van der Waals surface area contributed by atoms with E-state index >= 15 is 0 Å². The summed E-state index contributed by atoms with van der Waals surface area (Å²) in [6.07, 6.45) is -2.45. The topological polar surface area (TPSA) is 195 Å². The normalized spacial score (nSPS) is 12.8. The molecule has 16 nitrogen and oxygen atoms in total. The third-order valence-corrected chi connectivity index (χ3v) is 7.21. The first kappa shape index (κ1) is 41.2. The minimum absolute atomic E-state index is 0.0200. The fourth-order valence-corrected chi connectivity index (χ4v) is 4.69. The second-order valence-corrected chi connectivity index (χ2v) is 14.3. The van der Waals surface area contributed by atoms with Crippen LogP contribution in [0.15, 0.2) is 33.9 Å². The summed E-state index contributed by atoms with van der Waals surface area (Å²) >= 11 is 0. The lowest BCUT2D eigenvalue weighted by atomic mass is 10.1. The van der Waals surface area contributed by atoms with Crippen molar-refractivity contribution in [1.82, 2.24) is 29.8 Å². The largest absolute Gasteiger partial charge is 0.444 e. The number of amides is 4. The first-order chi connectivity index (χ1) is 23.0. The summed E-state index contributed by atoms with van der Waals surface area (Å²) in [5.74, 6) is -2.15. The Kier molecular flexibility index (Phi) is 14.1. The molecule has 16 heteroatoms. The van der Waals surface area contributed by atoms with Gasteiger partial charge in [0, 0.05) is 41.0 Å². The van der Waals surface area contributed by atoms with Crippen molar-refractivity contribution in [2.24, 2.45) is 0 Å². The zero-order valence-corrected chi connectivity index (χ0v) is 30.6. The van der Waals surface area contributed by atoms with Crippen molar-refractivity contribution in [3.63, 3.8) is 0 Å². The maximum Gasteiger partial charge on any atom is 0.408 e. The quantitative estimate of drug-likeness (QED) is 0.293. The van der Waals surface area contributed by atoms with Gasteiger partial charge >= 0.3 is 12.2 Å².